The van der Waals surface area contributed by atoms with Crippen molar-refractivity contribution in [2.24, 2.45) is 0 Å². The second kappa shape index (κ2) is 9.16. The van der Waals surface area contributed by atoms with E-state index >= 15 is 0 Å². The minimum atomic E-state index is -0.479. The van der Waals surface area contributed by atoms with E-state index in [2.05, 4.69) is 26.2 Å². The van der Waals surface area contributed by atoms with Gasteiger partial charge >= 0.3 is 6.03 Å². The Hall–Kier alpha value is -2.42. The summed E-state index contributed by atoms with van der Waals surface area (Å²) in [4.78, 5) is 23.4. The maximum atomic E-state index is 11.9. The van der Waals surface area contributed by atoms with E-state index in [0.717, 1.165) is 29.7 Å². The summed E-state index contributed by atoms with van der Waals surface area (Å²) in [5, 5.41) is 17.0. The number of tetrazole rings is 1. The van der Waals surface area contributed by atoms with E-state index < -0.39 is 11.9 Å². The molecule has 0 fully saturated rings. The Bertz CT molecular complexity index is 746. The first kappa shape index (κ1) is 18.9. The highest BCUT2D eigenvalue weighted by Gasteiger charge is 2.14. The highest BCUT2D eigenvalue weighted by molar-refractivity contribution is 7.99. The predicted molar refractivity (Wildman–Crippen MR) is 95.8 cm³/mol. The molecule has 3 amide bonds. The largest absolute Gasteiger partial charge is 0.338 e. The van der Waals surface area contributed by atoms with Gasteiger partial charge in [-0.1, -0.05) is 42.8 Å². The molecule has 2 aromatic rings. The summed E-state index contributed by atoms with van der Waals surface area (Å²) in [7, 11) is 0. The zero-order valence-electron chi connectivity index (χ0n) is 14.6. The molecule has 0 bridgehead atoms. The van der Waals surface area contributed by atoms with Crippen molar-refractivity contribution in [1.82, 2.24) is 30.8 Å². The maximum Gasteiger partial charge on any atom is 0.321 e. The summed E-state index contributed by atoms with van der Waals surface area (Å²) in [5.74, 6) is -0.346. The average molecular weight is 362 g/mol. The van der Waals surface area contributed by atoms with E-state index in [0.29, 0.717) is 11.7 Å². The molecule has 0 saturated carbocycles. The molecule has 0 aliphatic rings. The number of hydrogen-bond acceptors (Lipinski definition) is 6. The van der Waals surface area contributed by atoms with E-state index in [1.165, 1.54) is 11.8 Å². The summed E-state index contributed by atoms with van der Waals surface area (Å²) >= 11 is 1.17. The number of imide groups is 1. The number of aromatic nitrogens is 4. The lowest BCUT2D eigenvalue weighted by molar-refractivity contribution is -0.117. The van der Waals surface area contributed by atoms with Crippen LogP contribution >= 0.6 is 11.8 Å². The van der Waals surface area contributed by atoms with Crippen LogP contribution in [0.5, 0.6) is 0 Å². The van der Waals surface area contributed by atoms with E-state index in [-0.39, 0.29) is 5.75 Å². The third-order valence-electron chi connectivity index (χ3n) is 3.42. The molecule has 2 rings (SSSR count). The lowest BCUT2D eigenvalue weighted by Crippen LogP contribution is -2.40. The molecule has 0 spiro atoms. The fraction of sp³-hybridized carbons (Fsp3) is 0.438. The quantitative estimate of drug-likeness (QED) is 0.577. The van der Waals surface area contributed by atoms with Gasteiger partial charge in [0.1, 0.15) is 0 Å². The Morgan fingerprint density at radius 3 is 2.80 bits per heavy atom. The van der Waals surface area contributed by atoms with Gasteiger partial charge in [0, 0.05) is 6.54 Å². The molecule has 0 atom stereocenters. The minimum absolute atomic E-state index is 0.0481. The van der Waals surface area contributed by atoms with Gasteiger partial charge in [-0.2, -0.15) is 4.68 Å². The van der Waals surface area contributed by atoms with Gasteiger partial charge in [0.15, 0.2) is 0 Å². The number of amides is 3. The maximum absolute atomic E-state index is 11.9. The third kappa shape index (κ3) is 5.56. The first-order valence-electron chi connectivity index (χ1n) is 8.07. The van der Waals surface area contributed by atoms with Crippen molar-refractivity contribution >= 4 is 23.7 Å². The van der Waals surface area contributed by atoms with E-state index in [9.17, 15) is 9.59 Å². The van der Waals surface area contributed by atoms with Crippen LogP contribution in [0.4, 0.5) is 4.79 Å². The molecule has 9 heteroatoms. The van der Waals surface area contributed by atoms with Crippen LogP contribution in [-0.4, -0.2) is 44.4 Å². The number of rotatable bonds is 7. The van der Waals surface area contributed by atoms with Crippen molar-refractivity contribution in [2.45, 2.75) is 38.8 Å². The Labute approximate surface area is 150 Å². The molecule has 25 heavy (non-hydrogen) atoms. The van der Waals surface area contributed by atoms with Crippen LogP contribution in [0.25, 0.3) is 5.69 Å². The topological polar surface area (TPSA) is 102 Å². The molecule has 8 nitrogen and oxygen atoms in total. The second-order valence-electron chi connectivity index (χ2n) is 5.61. The zero-order chi connectivity index (χ0) is 18.2. The minimum Gasteiger partial charge on any atom is -0.338 e. The first-order valence-corrected chi connectivity index (χ1v) is 9.06. The molecule has 2 N–H and O–H groups in total. The van der Waals surface area contributed by atoms with Crippen LogP contribution in [0.15, 0.2) is 23.4 Å². The predicted octanol–water partition coefficient (Wildman–Crippen LogP) is 2.00. The fourth-order valence-electron chi connectivity index (χ4n) is 2.18. The summed E-state index contributed by atoms with van der Waals surface area (Å²) in [6.07, 6.45) is 1.85. The molecule has 0 aliphatic carbocycles. The molecule has 0 saturated heterocycles. The number of aryl methyl sites for hydroxylation is 2. The van der Waals surface area contributed by atoms with Gasteiger partial charge in [0.25, 0.3) is 0 Å². The lowest BCUT2D eigenvalue weighted by atomic mass is 10.1. The first-order chi connectivity index (χ1) is 12.0. The zero-order valence-corrected chi connectivity index (χ0v) is 15.4. The Balaban J connectivity index is 1.93. The standard InChI is InChI=1S/C16H22N6O2S/c1-4-5-8-17-15(24)18-14(23)10-25-16-19-20-21-22(16)13-7-6-11(2)9-12(13)3/h6-7,9H,4-5,8,10H2,1-3H3,(H2,17,18,23,24). The summed E-state index contributed by atoms with van der Waals surface area (Å²) in [5.41, 5.74) is 3.04. The van der Waals surface area contributed by atoms with Crippen molar-refractivity contribution < 1.29 is 9.59 Å². The molecule has 0 aliphatic heterocycles. The smallest absolute Gasteiger partial charge is 0.321 e. The van der Waals surface area contributed by atoms with E-state index in [1.54, 1.807) is 4.68 Å². The molecule has 1 heterocycles. The Morgan fingerprint density at radius 2 is 2.08 bits per heavy atom. The van der Waals surface area contributed by atoms with E-state index in [1.807, 2.05) is 39.0 Å². The van der Waals surface area contributed by atoms with Crippen LogP contribution in [0, 0.1) is 13.8 Å². The van der Waals surface area contributed by atoms with Gasteiger partial charge in [0.2, 0.25) is 11.1 Å². The van der Waals surface area contributed by atoms with Gasteiger partial charge in [-0.25, -0.2) is 4.79 Å². The lowest BCUT2D eigenvalue weighted by Gasteiger charge is -2.08. The van der Waals surface area contributed by atoms with Crippen molar-refractivity contribution in [2.75, 3.05) is 12.3 Å². The molecule has 1 aromatic heterocycles. The number of urea groups is 1. The normalized spacial score (nSPS) is 10.5. The number of hydrogen-bond donors (Lipinski definition) is 2. The number of carbonyl (C=O) groups is 2. The number of thioether (sulfide) groups is 1. The van der Waals surface area contributed by atoms with Crippen LogP contribution < -0.4 is 10.6 Å². The van der Waals surface area contributed by atoms with Gasteiger partial charge in [0.05, 0.1) is 11.4 Å². The monoisotopic (exact) mass is 362 g/mol. The Kier molecular flexibility index (Phi) is 6.93. The van der Waals surface area contributed by atoms with Crippen LogP contribution in [0.2, 0.25) is 0 Å². The highest BCUT2D eigenvalue weighted by atomic mass is 32.2. The Morgan fingerprint density at radius 1 is 1.28 bits per heavy atom. The van der Waals surface area contributed by atoms with E-state index in [4.69, 9.17) is 0 Å². The van der Waals surface area contributed by atoms with Gasteiger partial charge in [-0.05, 0) is 42.3 Å². The average Bonchev–Trinajstić information content (AvgIpc) is 3.01. The summed E-state index contributed by atoms with van der Waals surface area (Å²) in [6, 6.07) is 5.48. The fourth-order valence-corrected chi connectivity index (χ4v) is 2.86. The van der Waals surface area contributed by atoms with Crippen LogP contribution in [-0.2, 0) is 4.79 Å². The number of benzene rings is 1. The number of nitrogens with zero attached hydrogens (tertiary/aromatic N) is 4. The summed E-state index contributed by atoms with van der Waals surface area (Å²) in [6.45, 7) is 6.57. The van der Waals surface area contributed by atoms with Crippen molar-refractivity contribution in [3.63, 3.8) is 0 Å². The van der Waals surface area contributed by atoms with Crippen molar-refractivity contribution in [3.8, 4) is 5.69 Å². The number of carbonyl (C=O) groups excluding carboxylic acids is 2. The molecular formula is C16H22N6O2S. The highest BCUT2D eigenvalue weighted by Crippen LogP contribution is 2.21. The van der Waals surface area contributed by atoms with Crippen molar-refractivity contribution in [3.05, 3.63) is 29.3 Å². The van der Waals surface area contributed by atoms with Crippen LogP contribution in [0.1, 0.15) is 30.9 Å². The number of nitrogens with one attached hydrogen (secondary N) is 2. The molecule has 0 radical (unpaired) electrons. The molecule has 1 aromatic carbocycles. The third-order valence-corrected chi connectivity index (χ3v) is 4.34. The molecular weight excluding hydrogens is 340 g/mol. The summed E-state index contributed by atoms with van der Waals surface area (Å²) < 4.78 is 1.59. The van der Waals surface area contributed by atoms with Crippen LogP contribution in [0.3, 0.4) is 0 Å². The van der Waals surface area contributed by atoms with Gasteiger partial charge in [-0.3, -0.25) is 10.1 Å². The number of unbranched alkanes of at least 4 members (excludes halogenated alkanes) is 1. The van der Waals surface area contributed by atoms with Gasteiger partial charge < -0.3 is 5.32 Å². The second-order valence-corrected chi connectivity index (χ2v) is 6.55. The SMILES string of the molecule is CCCCNC(=O)NC(=O)CSc1nnnn1-c1ccc(C)cc1C. The van der Waals surface area contributed by atoms with Gasteiger partial charge in [-0.15, -0.1) is 5.10 Å². The molecule has 134 valence electrons. The molecule has 0 unspecified atom stereocenters. The van der Waals surface area contributed by atoms with Crippen molar-refractivity contribution in [1.29, 1.82) is 0 Å².